The standard InChI is InChI=1S/C25H47NO3.C16H36N.BrH.ClH/c1-4-7-10-13-16-19-22(27)25(26,23(28)20-17-14-11-8-5-2)24(29)21-18-15-12-9-6-3;1-5-9-13-17(14-10-6-2,15-11-7-3)16-12-8-4;;/h4-21,26H2,1-3H3;5-16H2,1-4H3;2*1H/q;+1;;/p-1. The van der Waals surface area contributed by atoms with E-state index in [1.165, 1.54) is 82.0 Å². The largest absolute Gasteiger partial charge is 1.00 e. The van der Waals surface area contributed by atoms with Crippen LogP contribution >= 0.6 is 0 Å². The SMILES string of the molecule is CCCCCCCC(=O)C([NH3+])(C(=O)CCCCCCC)C(=O)CCCCCCC.CCCC[N+](CCCC)(CCCC)CCCC.[Br-].[Cl-]. The van der Waals surface area contributed by atoms with Crippen molar-refractivity contribution in [1.82, 2.24) is 0 Å². The van der Waals surface area contributed by atoms with Gasteiger partial charge in [-0.1, -0.05) is 151 Å². The molecule has 0 bridgehead atoms. The van der Waals surface area contributed by atoms with Gasteiger partial charge in [0.2, 0.25) is 17.3 Å². The minimum atomic E-state index is -1.65. The van der Waals surface area contributed by atoms with Crippen LogP contribution in [0.4, 0.5) is 0 Å². The van der Waals surface area contributed by atoms with Gasteiger partial charge in [-0.25, -0.2) is 0 Å². The van der Waals surface area contributed by atoms with Gasteiger partial charge in [-0.3, -0.25) is 14.4 Å². The minimum absolute atomic E-state index is 0. The molecule has 0 atom stereocenters. The van der Waals surface area contributed by atoms with Crippen LogP contribution in [0.15, 0.2) is 0 Å². The van der Waals surface area contributed by atoms with E-state index in [0.717, 1.165) is 96.3 Å². The third kappa shape index (κ3) is 26.5. The Bertz CT molecular complexity index is 632. The molecule has 3 N–H and O–H groups in total. The Hall–Kier alpha value is -0.300. The fourth-order valence-corrected chi connectivity index (χ4v) is 6.42. The number of Topliss-reactive ketones (excluding diaryl/α,β-unsaturated/α-hetero) is 3. The molecule has 0 aliphatic rings. The van der Waals surface area contributed by atoms with Crippen LogP contribution in [-0.4, -0.2) is 53.6 Å². The Morgan fingerprint density at radius 1 is 0.396 bits per heavy atom. The van der Waals surface area contributed by atoms with Crippen molar-refractivity contribution in [1.29, 1.82) is 0 Å². The molecule has 0 aliphatic carbocycles. The zero-order valence-corrected chi connectivity index (χ0v) is 35.7. The molecule has 0 spiro atoms. The lowest BCUT2D eigenvalue weighted by molar-refractivity contribution is -0.929. The Morgan fingerprint density at radius 3 is 0.812 bits per heavy atom. The first-order valence-electron chi connectivity index (χ1n) is 20.5. The molecule has 0 rings (SSSR count). The molecular formula is C41H84BrClN2O3. The highest BCUT2D eigenvalue weighted by Crippen LogP contribution is 2.20. The molecule has 0 unspecified atom stereocenters. The normalized spacial score (nSPS) is 11.2. The van der Waals surface area contributed by atoms with Crippen LogP contribution in [0.1, 0.15) is 215 Å². The van der Waals surface area contributed by atoms with Gasteiger partial charge in [-0.15, -0.1) is 0 Å². The van der Waals surface area contributed by atoms with Crippen LogP contribution in [0.3, 0.4) is 0 Å². The van der Waals surface area contributed by atoms with Crippen molar-refractivity contribution in [2.45, 2.75) is 221 Å². The first-order valence-corrected chi connectivity index (χ1v) is 20.5. The van der Waals surface area contributed by atoms with E-state index < -0.39 is 5.54 Å². The lowest BCUT2D eigenvalue weighted by Crippen LogP contribution is -3.00. The molecular weight excluding hydrogens is 684 g/mol. The zero-order valence-electron chi connectivity index (χ0n) is 33.3. The van der Waals surface area contributed by atoms with Gasteiger partial charge in [0.1, 0.15) is 0 Å². The Morgan fingerprint density at radius 2 is 0.604 bits per heavy atom. The molecule has 0 amide bonds. The Labute approximate surface area is 317 Å². The lowest BCUT2D eigenvalue weighted by atomic mass is 9.79. The number of rotatable bonds is 33. The van der Waals surface area contributed by atoms with Gasteiger partial charge in [0.25, 0.3) is 5.54 Å². The van der Waals surface area contributed by atoms with Gasteiger partial charge in [-0.2, -0.15) is 0 Å². The molecule has 0 fully saturated rings. The second kappa shape index (κ2) is 37.9. The second-order valence-corrected chi connectivity index (χ2v) is 14.3. The highest BCUT2D eigenvalue weighted by Gasteiger charge is 2.50. The number of ketones is 3. The fourth-order valence-electron chi connectivity index (χ4n) is 6.42. The van der Waals surface area contributed by atoms with Crippen LogP contribution in [0.25, 0.3) is 0 Å². The highest BCUT2D eigenvalue weighted by molar-refractivity contribution is 6.27. The third-order valence-electron chi connectivity index (χ3n) is 9.89. The number of nitrogens with zero attached hydrogens (tertiary/aromatic N) is 1. The van der Waals surface area contributed by atoms with Crippen LogP contribution in [0.2, 0.25) is 0 Å². The van der Waals surface area contributed by atoms with Crippen molar-refractivity contribution in [3.05, 3.63) is 0 Å². The van der Waals surface area contributed by atoms with Crippen molar-refractivity contribution in [3.8, 4) is 0 Å². The van der Waals surface area contributed by atoms with Gasteiger partial charge in [0.15, 0.2) is 0 Å². The van der Waals surface area contributed by atoms with E-state index in [1.807, 2.05) is 0 Å². The maximum atomic E-state index is 12.9. The van der Waals surface area contributed by atoms with Gasteiger partial charge in [0.05, 0.1) is 26.2 Å². The van der Waals surface area contributed by atoms with Crippen molar-refractivity contribution in [2.75, 3.05) is 26.2 Å². The summed E-state index contributed by atoms with van der Waals surface area (Å²) in [4.78, 5) is 38.8. The monoisotopic (exact) mass is 767 g/mol. The molecule has 5 nitrogen and oxygen atoms in total. The summed E-state index contributed by atoms with van der Waals surface area (Å²) in [5.74, 6) is -0.733. The topological polar surface area (TPSA) is 78.8 Å². The molecule has 290 valence electrons. The Balaban J connectivity index is -0.000000438. The van der Waals surface area contributed by atoms with E-state index in [-0.39, 0.29) is 46.7 Å². The van der Waals surface area contributed by atoms with E-state index in [2.05, 4.69) is 54.2 Å². The third-order valence-corrected chi connectivity index (χ3v) is 9.89. The molecule has 0 saturated carbocycles. The van der Waals surface area contributed by atoms with Gasteiger partial charge < -0.3 is 39.6 Å². The molecule has 0 aromatic carbocycles. The number of halogens is 2. The average Bonchev–Trinajstić information content (AvgIpc) is 3.06. The number of hydrogen-bond acceptors (Lipinski definition) is 3. The predicted molar refractivity (Wildman–Crippen MR) is 200 cm³/mol. The summed E-state index contributed by atoms with van der Waals surface area (Å²) < 4.78 is 1.42. The van der Waals surface area contributed by atoms with Gasteiger partial charge in [-0.05, 0) is 44.9 Å². The number of unbranched alkanes of at least 4 members (excludes halogenated alkanes) is 16. The number of carbonyl (C=O) groups excluding carboxylic acids is 3. The minimum Gasteiger partial charge on any atom is -1.00 e. The zero-order chi connectivity index (χ0) is 34.9. The highest BCUT2D eigenvalue weighted by atomic mass is 79.9. The van der Waals surface area contributed by atoms with Crippen molar-refractivity contribution in [2.24, 2.45) is 0 Å². The van der Waals surface area contributed by atoms with E-state index in [4.69, 9.17) is 0 Å². The lowest BCUT2D eigenvalue weighted by Gasteiger charge is -2.39. The van der Waals surface area contributed by atoms with E-state index in [1.54, 1.807) is 0 Å². The summed E-state index contributed by atoms with van der Waals surface area (Å²) in [5, 5.41) is 0. The summed E-state index contributed by atoms with van der Waals surface area (Å²) >= 11 is 0. The van der Waals surface area contributed by atoms with E-state index in [0.29, 0.717) is 19.3 Å². The second-order valence-electron chi connectivity index (χ2n) is 14.3. The van der Waals surface area contributed by atoms with E-state index >= 15 is 0 Å². The molecule has 0 aromatic rings. The predicted octanol–water partition coefficient (Wildman–Crippen LogP) is 4.77. The van der Waals surface area contributed by atoms with Crippen LogP contribution in [0, 0.1) is 0 Å². The number of carbonyl (C=O) groups is 3. The molecule has 0 heterocycles. The first-order chi connectivity index (χ1) is 22.2. The van der Waals surface area contributed by atoms with Crippen LogP contribution < -0.4 is 35.1 Å². The van der Waals surface area contributed by atoms with Gasteiger partial charge in [0, 0.05) is 19.3 Å². The quantitative estimate of drug-likeness (QED) is 0.0595. The number of hydrogen-bond donors (Lipinski definition) is 1. The molecule has 0 saturated heterocycles. The average molecular weight is 768 g/mol. The van der Waals surface area contributed by atoms with Gasteiger partial charge >= 0.3 is 0 Å². The summed E-state index contributed by atoms with van der Waals surface area (Å²) in [7, 11) is 0. The maximum Gasteiger partial charge on any atom is 0.270 e. The van der Waals surface area contributed by atoms with Crippen LogP contribution in [0.5, 0.6) is 0 Å². The van der Waals surface area contributed by atoms with Crippen molar-refractivity contribution >= 4 is 17.3 Å². The maximum absolute atomic E-state index is 12.9. The van der Waals surface area contributed by atoms with Crippen molar-refractivity contribution < 1.29 is 54.0 Å². The van der Waals surface area contributed by atoms with E-state index in [9.17, 15) is 14.4 Å². The molecule has 0 aromatic heterocycles. The molecule has 7 heteroatoms. The summed E-state index contributed by atoms with van der Waals surface area (Å²) in [6.07, 6.45) is 27.4. The molecule has 48 heavy (non-hydrogen) atoms. The first kappa shape index (κ1) is 54.5. The Kier molecular flexibility index (Phi) is 43.1. The van der Waals surface area contributed by atoms with Crippen molar-refractivity contribution in [3.63, 3.8) is 0 Å². The summed E-state index contributed by atoms with van der Waals surface area (Å²) in [6, 6.07) is 0. The van der Waals surface area contributed by atoms with Crippen LogP contribution in [-0.2, 0) is 14.4 Å². The fraction of sp³-hybridized carbons (Fsp3) is 0.927. The molecule has 0 radical (unpaired) electrons. The summed E-state index contributed by atoms with van der Waals surface area (Å²) in [5.41, 5.74) is 2.31. The number of quaternary nitrogens is 2. The summed E-state index contributed by atoms with van der Waals surface area (Å²) in [6.45, 7) is 21.5. The smallest absolute Gasteiger partial charge is 0.270 e. The molecule has 0 aliphatic heterocycles.